The Kier molecular flexibility index (Phi) is 4.03. The van der Waals surface area contributed by atoms with Gasteiger partial charge in [-0.15, -0.1) is 0 Å². The molecule has 1 aromatic carbocycles. The highest BCUT2D eigenvalue weighted by atomic mass is 79.9. The van der Waals surface area contributed by atoms with E-state index in [1.807, 2.05) is 11.9 Å². The molecule has 2 atom stereocenters. The number of likely N-dealkylation sites (N-methyl/N-ethyl adjacent to an activating group) is 1. The lowest BCUT2D eigenvalue weighted by Crippen LogP contribution is -2.67. The van der Waals surface area contributed by atoms with Crippen LogP contribution in [-0.2, 0) is 6.18 Å². The zero-order valence-corrected chi connectivity index (χ0v) is 15.5. The molecule has 2 bridgehead atoms. The van der Waals surface area contributed by atoms with Gasteiger partial charge in [0.1, 0.15) is 11.3 Å². The van der Waals surface area contributed by atoms with Crippen molar-refractivity contribution in [3.05, 3.63) is 21.9 Å². The predicted octanol–water partition coefficient (Wildman–Crippen LogP) is 3.45. The Balaban J connectivity index is 1.92. The van der Waals surface area contributed by atoms with Crippen LogP contribution in [0.1, 0.15) is 12.0 Å². The first-order valence-electron chi connectivity index (χ1n) is 7.98. The molecule has 5 rings (SSSR count). The standard InChI is InChI=1S/C16H15BrF4N4O/c1-24-7-3-8(24)6-25(5-7)14-9-4-10(16(19,20)21)11(17)12(18)13(9)22-15(23-14)26-2/h4,7-8H,3,5-6H2,1-2H3. The molecule has 140 valence electrons. The fraction of sp³-hybridized carbons (Fsp3) is 0.500. The SMILES string of the molecule is COc1nc(N2CC3CC(C2)N3C)c2cc(C(F)(F)F)c(Br)c(F)c2n1. The third-order valence-corrected chi connectivity index (χ3v) is 5.95. The second-order valence-electron chi connectivity index (χ2n) is 6.59. The van der Waals surface area contributed by atoms with Crippen molar-refractivity contribution in [2.75, 3.05) is 32.1 Å². The van der Waals surface area contributed by atoms with Gasteiger partial charge in [0, 0.05) is 30.6 Å². The number of piperidine rings is 1. The number of aromatic nitrogens is 2. The van der Waals surface area contributed by atoms with Crippen LogP contribution in [0.5, 0.6) is 6.01 Å². The Bertz CT molecular complexity index is 879. The molecule has 4 heterocycles. The summed E-state index contributed by atoms with van der Waals surface area (Å²) in [5, 5.41) is 0.0304. The molecule has 0 amide bonds. The van der Waals surface area contributed by atoms with Crippen LogP contribution in [0.2, 0.25) is 0 Å². The number of anilines is 1. The minimum atomic E-state index is -4.70. The van der Waals surface area contributed by atoms with E-state index in [2.05, 4.69) is 30.8 Å². The van der Waals surface area contributed by atoms with Gasteiger partial charge in [0.2, 0.25) is 0 Å². The molecule has 3 aliphatic rings. The van der Waals surface area contributed by atoms with Gasteiger partial charge in [0.25, 0.3) is 0 Å². The molecule has 26 heavy (non-hydrogen) atoms. The summed E-state index contributed by atoms with van der Waals surface area (Å²) >= 11 is 2.71. The fourth-order valence-electron chi connectivity index (χ4n) is 3.68. The molecule has 2 aromatic rings. The normalized spacial score (nSPS) is 23.3. The number of hydrogen-bond donors (Lipinski definition) is 0. The van der Waals surface area contributed by atoms with Crippen LogP contribution in [0.25, 0.3) is 10.9 Å². The summed E-state index contributed by atoms with van der Waals surface area (Å²) in [4.78, 5) is 12.3. The molecule has 1 aromatic heterocycles. The Morgan fingerprint density at radius 3 is 2.42 bits per heavy atom. The van der Waals surface area contributed by atoms with E-state index >= 15 is 0 Å². The number of benzene rings is 1. The fourth-order valence-corrected chi connectivity index (χ4v) is 4.20. The second-order valence-corrected chi connectivity index (χ2v) is 7.39. The first-order chi connectivity index (χ1) is 12.2. The van der Waals surface area contributed by atoms with Gasteiger partial charge in [0.05, 0.1) is 17.1 Å². The number of nitrogens with zero attached hydrogens (tertiary/aromatic N) is 4. The molecule has 3 fully saturated rings. The third kappa shape index (κ3) is 2.61. The molecule has 5 nitrogen and oxygen atoms in total. The quantitative estimate of drug-likeness (QED) is 0.677. The maximum absolute atomic E-state index is 14.7. The number of hydrogen-bond acceptors (Lipinski definition) is 5. The molecule has 3 aliphatic heterocycles. The van der Waals surface area contributed by atoms with Crippen LogP contribution in [0.4, 0.5) is 23.4 Å². The number of fused-ring (bicyclic) bond motifs is 3. The largest absolute Gasteiger partial charge is 0.467 e. The van der Waals surface area contributed by atoms with Gasteiger partial charge >= 0.3 is 12.2 Å². The van der Waals surface area contributed by atoms with Crippen molar-refractivity contribution in [1.29, 1.82) is 0 Å². The smallest absolute Gasteiger partial charge is 0.417 e. The third-order valence-electron chi connectivity index (χ3n) is 5.18. The van der Waals surface area contributed by atoms with E-state index in [1.165, 1.54) is 7.11 Å². The van der Waals surface area contributed by atoms with Gasteiger partial charge < -0.3 is 9.64 Å². The molecule has 0 radical (unpaired) electrons. The average Bonchev–Trinajstić information content (AvgIpc) is 2.62. The van der Waals surface area contributed by atoms with Crippen LogP contribution >= 0.6 is 15.9 Å². The molecular formula is C16H15BrF4N4O. The van der Waals surface area contributed by atoms with E-state index in [-0.39, 0.29) is 22.7 Å². The van der Waals surface area contributed by atoms with Crippen molar-refractivity contribution in [2.45, 2.75) is 24.7 Å². The molecule has 0 aliphatic carbocycles. The van der Waals surface area contributed by atoms with Crippen molar-refractivity contribution >= 4 is 32.7 Å². The van der Waals surface area contributed by atoms with Gasteiger partial charge in [-0.2, -0.15) is 23.1 Å². The van der Waals surface area contributed by atoms with Crippen LogP contribution in [-0.4, -0.2) is 54.2 Å². The number of rotatable bonds is 2. The number of halogens is 5. The summed E-state index contributed by atoms with van der Waals surface area (Å²) in [6.07, 6.45) is -3.66. The van der Waals surface area contributed by atoms with E-state index in [0.29, 0.717) is 25.2 Å². The van der Waals surface area contributed by atoms with Gasteiger partial charge in [-0.1, -0.05) is 0 Å². The summed E-state index contributed by atoms with van der Waals surface area (Å²) in [6, 6.07) is 1.45. The minimum Gasteiger partial charge on any atom is -0.467 e. The monoisotopic (exact) mass is 434 g/mol. The number of piperazine rings is 1. The molecule has 0 spiro atoms. The summed E-state index contributed by atoms with van der Waals surface area (Å²) < 4.78 is 59.0. The predicted molar refractivity (Wildman–Crippen MR) is 90.9 cm³/mol. The Morgan fingerprint density at radius 2 is 1.88 bits per heavy atom. The Morgan fingerprint density at radius 1 is 1.23 bits per heavy atom. The van der Waals surface area contributed by atoms with Gasteiger partial charge in [0.15, 0.2) is 5.82 Å². The van der Waals surface area contributed by atoms with Crippen molar-refractivity contribution in [3.63, 3.8) is 0 Å². The van der Waals surface area contributed by atoms with E-state index in [1.54, 1.807) is 0 Å². The van der Waals surface area contributed by atoms with Crippen molar-refractivity contribution < 1.29 is 22.3 Å². The highest BCUT2D eigenvalue weighted by Crippen LogP contribution is 2.42. The van der Waals surface area contributed by atoms with Crippen molar-refractivity contribution in [3.8, 4) is 6.01 Å². The number of methoxy groups -OCH3 is 1. The zero-order valence-electron chi connectivity index (χ0n) is 13.9. The van der Waals surface area contributed by atoms with Gasteiger partial charge in [-0.25, -0.2) is 4.39 Å². The van der Waals surface area contributed by atoms with Crippen LogP contribution in [0, 0.1) is 5.82 Å². The first-order valence-corrected chi connectivity index (χ1v) is 8.77. The highest BCUT2D eigenvalue weighted by Gasteiger charge is 2.43. The molecule has 0 N–H and O–H groups in total. The van der Waals surface area contributed by atoms with Gasteiger partial charge in [-0.3, -0.25) is 4.90 Å². The second kappa shape index (κ2) is 5.91. The van der Waals surface area contributed by atoms with Crippen LogP contribution in [0.3, 0.4) is 0 Å². The van der Waals surface area contributed by atoms with Gasteiger partial charge in [-0.05, 0) is 35.5 Å². The zero-order chi connectivity index (χ0) is 18.8. The lowest BCUT2D eigenvalue weighted by atomic mass is 9.88. The minimum absolute atomic E-state index is 0.0304. The summed E-state index contributed by atoms with van der Waals surface area (Å²) in [5.74, 6) is -0.803. The van der Waals surface area contributed by atoms with Crippen molar-refractivity contribution in [2.24, 2.45) is 0 Å². The highest BCUT2D eigenvalue weighted by molar-refractivity contribution is 9.10. The summed E-state index contributed by atoms with van der Waals surface area (Å²) in [7, 11) is 3.36. The number of ether oxygens (including phenoxy) is 1. The Hall–Kier alpha value is -1.68. The Labute approximate surface area is 155 Å². The molecule has 2 unspecified atom stereocenters. The summed E-state index contributed by atoms with van der Waals surface area (Å²) in [6.45, 7) is 1.22. The molecule has 0 saturated carbocycles. The first kappa shape index (κ1) is 17.7. The van der Waals surface area contributed by atoms with Crippen LogP contribution in [0.15, 0.2) is 10.5 Å². The number of alkyl halides is 3. The lowest BCUT2D eigenvalue weighted by Gasteiger charge is -2.55. The molecular weight excluding hydrogens is 420 g/mol. The topological polar surface area (TPSA) is 41.5 Å². The molecule has 3 saturated heterocycles. The average molecular weight is 435 g/mol. The van der Waals surface area contributed by atoms with E-state index in [0.717, 1.165) is 12.5 Å². The molecule has 10 heteroatoms. The van der Waals surface area contributed by atoms with E-state index in [4.69, 9.17) is 4.74 Å². The lowest BCUT2D eigenvalue weighted by molar-refractivity contribution is -0.138. The van der Waals surface area contributed by atoms with Crippen molar-refractivity contribution in [1.82, 2.24) is 14.9 Å². The summed E-state index contributed by atoms with van der Waals surface area (Å²) in [5.41, 5.74) is -1.28. The van der Waals surface area contributed by atoms with E-state index < -0.39 is 22.0 Å². The van der Waals surface area contributed by atoms with E-state index in [9.17, 15) is 17.6 Å². The van der Waals surface area contributed by atoms with Crippen LogP contribution < -0.4 is 9.64 Å². The maximum atomic E-state index is 14.7. The maximum Gasteiger partial charge on any atom is 0.417 e.